The number of carbonyl (C=O) groups excluding carboxylic acids is 1. The van der Waals surface area contributed by atoms with Crippen molar-refractivity contribution in [3.8, 4) is 17.0 Å². The Labute approximate surface area is 165 Å². The summed E-state index contributed by atoms with van der Waals surface area (Å²) < 4.78 is 7.51. The highest BCUT2D eigenvalue weighted by molar-refractivity contribution is 9.10. The van der Waals surface area contributed by atoms with Crippen LogP contribution in [0.3, 0.4) is 0 Å². The number of methoxy groups -OCH3 is 1. The summed E-state index contributed by atoms with van der Waals surface area (Å²) in [4.78, 5) is 29.0. The van der Waals surface area contributed by atoms with Gasteiger partial charge in [0.25, 0.3) is 5.56 Å². The summed E-state index contributed by atoms with van der Waals surface area (Å²) in [6.07, 6.45) is 1.37. The van der Waals surface area contributed by atoms with Crippen molar-refractivity contribution in [2.24, 2.45) is 0 Å². The van der Waals surface area contributed by atoms with Crippen LogP contribution < -0.4 is 15.6 Å². The van der Waals surface area contributed by atoms with E-state index in [-0.39, 0.29) is 18.0 Å². The van der Waals surface area contributed by atoms with Crippen molar-refractivity contribution in [1.82, 2.24) is 9.55 Å². The molecular formula is C20H18BrN3O3. The number of amides is 1. The molecule has 1 heterocycles. The first kappa shape index (κ1) is 18.8. The van der Waals surface area contributed by atoms with Crippen molar-refractivity contribution in [1.29, 1.82) is 0 Å². The van der Waals surface area contributed by atoms with Crippen LogP contribution in [-0.4, -0.2) is 22.6 Å². The Hall–Kier alpha value is -2.93. The summed E-state index contributed by atoms with van der Waals surface area (Å²) in [5, 5.41) is 2.81. The van der Waals surface area contributed by atoms with E-state index in [1.165, 1.54) is 17.0 Å². The molecule has 0 saturated carbocycles. The molecule has 1 aromatic heterocycles. The largest absolute Gasteiger partial charge is 0.496 e. The maximum atomic E-state index is 12.4. The minimum atomic E-state index is -0.311. The second-order valence-electron chi connectivity index (χ2n) is 5.95. The summed E-state index contributed by atoms with van der Waals surface area (Å²) in [5.41, 5.74) is 2.54. The number of benzene rings is 2. The lowest BCUT2D eigenvalue weighted by atomic mass is 10.1. The van der Waals surface area contributed by atoms with Crippen LogP contribution in [0.2, 0.25) is 0 Å². The topological polar surface area (TPSA) is 73.2 Å². The van der Waals surface area contributed by atoms with E-state index in [9.17, 15) is 9.59 Å². The van der Waals surface area contributed by atoms with Gasteiger partial charge < -0.3 is 10.1 Å². The zero-order chi connectivity index (χ0) is 19.4. The Morgan fingerprint density at radius 2 is 2.00 bits per heavy atom. The second-order valence-corrected chi connectivity index (χ2v) is 6.86. The number of nitrogens with zero attached hydrogens (tertiary/aromatic N) is 2. The third kappa shape index (κ3) is 4.43. The Balaban J connectivity index is 1.78. The van der Waals surface area contributed by atoms with E-state index in [0.29, 0.717) is 17.1 Å². The van der Waals surface area contributed by atoms with Crippen LogP contribution in [0.25, 0.3) is 11.3 Å². The van der Waals surface area contributed by atoms with Crippen LogP contribution in [0.5, 0.6) is 5.75 Å². The number of hydrogen-bond acceptors (Lipinski definition) is 4. The van der Waals surface area contributed by atoms with E-state index in [4.69, 9.17) is 4.74 Å². The Morgan fingerprint density at radius 3 is 2.70 bits per heavy atom. The van der Waals surface area contributed by atoms with Gasteiger partial charge in [0.05, 0.1) is 19.1 Å². The summed E-state index contributed by atoms with van der Waals surface area (Å²) in [7, 11) is 1.56. The molecule has 7 heteroatoms. The van der Waals surface area contributed by atoms with Crippen LogP contribution >= 0.6 is 15.9 Å². The zero-order valence-corrected chi connectivity index (χ0v) is 16.5. The van der Waals surface area contributed by atoms with Crippen molar-refractivity contribution in [3.05, 3.63) is 75.2 Å². The molecule has 0 bridgehead atoms. The zero-order valence-electron chi connectivity index (χ0n) is 14.9. The fourth-order valence-electron chi connectivity index (χ4n) is 2.66. The molecule has 3 rings (SSSR count). The number of para-hydroxylation sites is 1. The average molecular weight is 428 g/mol. The first-order valence-corrected chi connectivity index (χ1v) is 9.03. The number of rotatable bonds is 5. The molecule has 0 aliphatic heterocycles. The summed E-state index contributed by atoms with van der Waals surface area (Å²) in [6.45, 7) is 1.78. The molecule has 0 atom stereocenters. The van der Waals surface area contributed by atoms with Crippen LogP contribution in [0.4, 0.5) is 5.69 Å². The first-order valence-electron chi connectivity index (χ1n) is 8.24. The van der Waals surface area contributed by atoms with Gasteiger partial charge in [0.1, 0.15) is 12.3 Å². The number of nitrogens with one attached hydrogen (secondary N) is 1. The predicted octanol–water partition coefficient (Wildman–Crippen LogP) is 3.63. The molecule has 2 aromatic carbocycles. The molecule has 0 saturated heterocycles. The summed E-state index contributed by atoms with van der Waals surface area (Å²) in [6, 6.07) is 14.3. The van der Waals surface area contributed by atoms with Crippen LogP contribution in [0.15, 0.2) is 64.1 Å². The van der Waals surface area contributed by atoms with Gasteiger partial charge in [-0.15, -0.1) is 0 Å². The maximum Gasteiger partial charge on any atom is 0.254 e. The van der Waals surface area contributed by atoms with Crippen molar-refractivity contribution in [2.75, 3.05) is 12.4 Å². The molecular weight excluding hydrogens is 410 g/mol. The van der Waals surface area contributed by atoms with E-state index in [1.54, 1.807) is 13.2 Å². The predicted molar refractivity (Wildman–Crippen MR) is 108 cm³/mol. The quantitative estimate of drug-likeness (QED) is 0.674. The molecule has 3 aromatic rings. The van der Waals surface area contributed by atoms with Crippen molar-refractivity contribution < 1.29 is 9.53 Å². The molecule has 6 nitrogen and oxygen atoms in total. The van der Waals surface area contributed by atoms with Crippen LogP contribution in [-0.2, 0) is 11.3 Å². The number of hydrogen-bond donors (Lipinski definition) is 1. The highest BCUT2D eigenvalue weighted by atomic mass is 79.9. The molecule has 1 amide bonds. The fraction of sp³-hybridized carbons (Fsp3) is 0.150. The normalized spacial score (nSPS) is 10.5. The lowest BCUT2D eigenvalue weighted by molar-refractivity contribution is -0.116. The van der Waals surface area contributed by atoms with Crippen molar-refractivity contribution >= 4 is 27.5 Å². The first-order chi connectivity index (χ1) is 13.0. The molecule has 1 N–H and O–H groups in total. The van der Waals surface area contributed by atoms with Crippen LogP contribution in [0, 0.1) is 6.92 Å². The molecule has 0 aliphatic carbocycles. The van der Waals surface area contributed by atoms with Crippen molar-refractivity contribution in [3.63, 3.8) is 0 Å². The minimum absolute atomic E-state index is 0.118. The molecule has 0 radical (unpaired) electrons. The SMILES string of the molecule is COc1ccccc1-c1cc(=O)n(CC(=O)Nc2ccc(Br)cc2C)cn1. The van der Waals surface area contributed by atoms with Crippen LogP contribution in [0.1, 0.15) is 5.56 Å². The number of halogens is 1. The number of aryl methyl sites for hydroxylation is 1. The Kier molecular flexibility index (Phi) is 5.71. The van der Waals surface area contributed by atoms with E-state index in [2.05, 4.69) is 26.2 Å². The highest BCUT2D eigenvalue weighted by Crippen LogP contribution is 2.26. The molecule has 0 fully saturated rings. The highest BCUT2D eigenvalue weighted by Gasteiger charge is 2.11. The lowest BCUT2D eigenvalue weighted by Crippen LogP contribution is -2.27. The molecule has 27 heavy (non-hydrogen) atoms. The number of ether oxygens (including phenoxy) is 1. The maximum absolute atomic E-state index is 12.4. The van der Waals surface area contributed by atoms with Gasteiger partial charge >= 0.3 is 0 Å². The van der Waals surface area contributed by atoms with Gasteiger partial charge in [0.15, 0.2) is 0 Å². The number of anilines is 1. The van der Waals surface area contributed by atoms with Gasteiger partial charge in [-0.1, -0.05) is 28.1 Å². The van der Waals surface area contributed by atoms with E-state index < -0.39 is 0 Å². The number of aromatic nitrogens is 2. The smallest absolute Gasteiger partial charge is 0.254 e. The third-order valence-electron chi connectivity index (χ3n) is 4.04. The summed E-state index contributed by atoms with van der Waals surface area (Å²) >= 11 is 3.39. The molecule has 0 spiro atoms. The van der Waals surface area contributed by atoms with Gasteiger partial charge in [-0.05, 0) is 42.8 Å². The fourth-order valence-corrected chi connectivity index (χ4v) is 3.14. The molecule has 0 unspecified atom stereocenters. The van der Waals surface area contributed by atoms with Crippen molar-refractivity contribution in [2.45, 2.75) is 13.5 Å². The number of carbonyl (C=O) groups is 1. The standard InChI is InChI=1S/C20H18BrN3O3/c1-13-9-14(21)7-8-16(13)23-19(25)11-24-12-22-17(10-20(24)26)15-5-3-4-6-18(15)27-2/h3-10,12H,11H2,1-2H3,(H,23,25). The minimum Gasteiger partial charge on any atom is -0.496 e. The molecule has 138 valence electrons. The van der Waals surface area contributed by atoms with Gasteiger partial charge in [-0.3, -0.25) is 14.2 Å². The average Bonchev–Trinajstić information content (AvgIpc) is 2.65. The monoisotopic (exact) mass is 427 g/mol. The Morgan fingerprint density at radius 1 is 1.22 bits per heavy atom. The van der Waals surface area contributed by atoms with E-state index in [1.807, 2.05) is 43.3 Å². The van der Waals surface area contributed by atoms with E-state index >= 15 is 0 Å². The molecule has 0 aliphatic rings. The Bertz CT molecular complexity index is 1050. The lowest BCUT2D eigenvalue weighted by Gasteiger charge is -2.11. The van der Waals surface area contributed by atoms with Gasteiger partial charge in [-0.2, -0.15) is 0 Å². The summed E-state index contributed by atoms with van der Waals surface area (Å²) in [5.74, 6) is 0.333. The third-order valence-corrected chi connectivity index (χ3v) is 4.53. The second kappa shape index (κ2) is 8.18. The van der Waals surface area contributed by atoms with Gasteiger partial charge in [0.2, 0.25) is 5.91 Å². The van der Waals surface area contributed by atoms with Gasteiger partial charge in [0, 0.05) is 21.8 Å². The van der Waals surface area contributed by atoms with Gasteiger partial charge in [-0.25, -0.2) is 4.98 Å². The van der Waals surface area contributed by atoms with E-state index in [0.717, 1.165) is 15.6 Å².